The van der Waals surface area contributed by atoms with E-state index in [1.54, 1.807) is 0 Å². The molecule has 1 heterocycles. The highest BCUT2D eigenvalue weighted by Crippen LogP contribution is 2.29. The second-order valence-corrected chi connectivity index (χ2v) is 6.97. The minimum Gasteiger partial charge on any atom is -0.312 e. The molecule has 0 amide bonds. The molecule has 0 fully saturated rings. The first-order chi connectivity index (χ1) is 9.08. The SMILES string of the molecule is CC(CNC(C)(C)C)CSc1ccc(C(F)(F)F)cn1. The van der Waals surface area contributed by atoms with Crippen molar-refractivity contribution in [2.45, 2.75) is 44.4 Å². The number of pyridine rings is 1. The number of aromatic nitrogens is 1. The van der Waals surface area contributed by atoms with E-state index in [2.05, 4.69) is 38.0 Å². The molecular weight excluding hydrogens is 285 g/mol. The predicted octanol–water partition coefficient (Wildman–Crippen LogP) is 4.22. The molecule has 0 radical (unpaired) electrons. The van der Waals surface area contributed by atoms with Gasteiger partial charge in [-0.05, 0) is 45.4 Å². The molecule has 1 aromatic heterocycles. The molecule has 0 saturated heterocycles. The molecule has 114 valence electrons. The molecule has 0 aliphatic rings. The summed E-state index contributed by atoms with van der Waals surface area (Å²) in [7, 11) is 0. The van der Waals surface area contributed by atoms with Gasteiger partial charge in [-0.2, -0.15) is 13.2 Å². The topological polar surface area (TPSA) is 24.9 Å². The Bertz CT molecular complexity index is 410. The van der Waals surface area contributed by atoms with E-state index in [4.69, 9.17) is 0 Å². The molecule has 0 aliphatic carbocycles. The van der Waals surface area contributed by atoms with Crippen molar-refractivity contribution in [3.8, 4) is 0 Å². The van der Waals surface area contributed by atoms with Gasteiger partial charge in [0.15, 0.2) is 0 Å². The van der Waals surface area contributed by atoms with Crippen molar-refractivity contribution in [2.24, 2.45) is 5.92 Å². The van der Waals surface area contributed by atoms with Crippen LogP contribution in [0.1, 0.15) is 33.3 Å². The summed E-state index contributed by atoms with van der Waals surface area (Å²) >= 11 is 1.48. The Balaban J connectivity index is 2.42. The number of hydrogen-bond acceptors (Lipinski definition) is 3. The van der Waals surface area contributed by atoms with Gasteiger partial charge in [0, 0.05) is 17.5 Å². The zero-order valence-electron chi connectivity index (χ0n) is 12.2. The minimum absolute atomic E-state index is 0.0749. The molecule has 20 heavy (non-hydrogen) atoms. The molecule has 0 saturated carbocycles. The lowest BCUT2D eigenvalue weighted by Gasteiger charge is -2.23. The highest BCUT2D eigenvalue weighted by atomic mass is 32.2. The van der Waals surface area contributed by atoms with Crippen LogP contribution in [0.2, 0.25) is 0 Å². The fourth-order valence-electron chi connectivity index (χ4n) is 1.40. The Morgan fingerprint density at radius 2 is 1.90 bits per heavy atom. The molecule has 1 N–H and O–H groups in total. The first-order valence-corrected chi connectivity index (χ1v) is 7.47. The Labute approximate surface area is 122 Å². The van der Waals surface area contributed by atoms with Gasteiger partial charge >= 0.3 is 6.18 Å². The second kappa shape index (κ2) is 6.80. The van der Waals surface area contributed by atoms with E-state index >= 15 is 0 Å². The van der Waals surface area contributed by atoms with Gasteiger partial charge in [0.25, 0.3) is 0 Å². The number of rotatable bonds is 5. The van der Waals surface area contributed by atoms with Gasteiger partial charge in [0.1, 0.15) is 0 Å². The van der Waals surface area contributed by atoms with E-state index in [0.717, 1.165) is 24.6 Å². The minimum atomic E-state index is -4.32. The molecule has 1 unspecified atom stereocenters. The van der Waals surface area contributed by atoms with Crippen LogP contribution in [0.15, 0.2) is 23.4 Å². The Morgan fingerprint density at radius 3 is 2.35 bits per heavy atom. The third-order valence-corrected chi connectivity index (χ3v) is 3.83. The summed E-state index contributed by atoms with van der Waals surface area (Å²) in [6.45, 7) is 9.28. The van der Waals surface area contributed by atoms with Crippen LogP contribution < -0.4 is 5.32 Å². The molecule has 0 aromatic carbocycles. The van der Waals surface area contributed by atoms with Crippen molar-refractivity contribution in [3.63, 3.8) is 0 Å². The molecule has 6 heteroatoms. The molecule has 0 bridgehead atoms. The van der Waals surface area contributed by atoms with Gasteiger partial charge in [0.2, 0.25) is 0 Å². The van der Waals surface area contributed by atoms with Gasteiger partial charge < -0.3 is 5.32 Å². The first kappa shape index (κ1) is 17.3. The normalized spacial score (nSPS) is 14.3. The third-order valence-electron chi connectivity index (χ3n) is 2.56. The number of halogens is 3. The smallest absolute Gasteiger partial charge is 0.312 e. The van der Waals surface area contributed by atoms with Crippen LogP contribution in [0.5, 0.6) is 0 Å². The number of hydrogen-bond donors (Lipinski definition) is 1. The lowest BCUT2D eigenvalue weighted by atomic mass is 10.1. The van der Waals surface area contributed by atoms with E-state index in [1.807, 2.05) is 0 Å². The first-order valence-electron chi connectivity index (χ1n) is 6.49. The van der Waals surface area contributed by atoms with Crippen molar-refractivity contribution in [3.05, 3.63) is 23.9 Å². The van der Waals surface area contributed by atoms with E-state index in [9.17, 15) is 13.2 Å². The molecule has 2 nitrogen and oxygen atoms in total. The van der Waals surface area contributed by atoms with E-state index in [0.29, 0.717) is 10.9 Å². The maximum absolute atomic E-state index is 12.4. The van der Waals surface area contributed by atoms with Crippen LogP contribution >= 0.6 is 11.8 Å². The quantitative estimate of drug-likeness (QED) is 0.825. The zero-order chi connectivity index (χ0) is 15.4. The van der Waals surface area contributed by atoms with E-state index in [-0.39, 0.29) is 5.54 Å². The Kier molecular flexibility index (Phi) is 5.89. The molecule has 0 spiro atoms. The largest absolute Gasteiger partial charge is 0.417 e. The predicted molar refractivity (Wildman–Crippen MR) is 76.9 cm³/mol. The summed E-state index contributed by atoms with van der Waals surface area (Å²) < 4.78 is 37.2. The van der Waals surface area contributed by atoms with Gasteiger partial charge in [-0.3, -0.25) is 0 Å². The van der Waals surface area contributed by atoms with Crippen LogP contribution in [-0.4, -0.2) is 22.8 Å². The Hall–Kier alpha value is -0.750. The summed E-state index contributed by atoms with van der Waals surface area (Å²) in [6, 6.07) is 2.50. The van der Waals surface area contributed by atoms with Gasteiger partial charge in [-0.15, -0.1) is 11.8 Å². The molecule has 0 aliphatic heterocycles. The summed E-state index contributed by atoms with van der Waals surface area (Å²) in [5.41, 5.74) is -0.629. The van der Waals surface area contributed by atoms with Crippen molar-refractivity contribution in [1.82, 2.24) is 10.3 Å². The number of alkyl halides is 3. The maximum atomic E-state index is 12.4. The highest BCUT2D eigenvalue weighted by Gasteiger charge is 2.30. The van der Waals surface area contributed by atoms with E-state index in [1.165, 1.54) is 17.8 Å². The van der Waals surface area contributed by atoms with Gasteiger partial charge in [0.05, 0.1) is 10.6 Å². The van der Waals surface area contributed by atoms with Crippen molar-refractivity contribution in [2.75, 3.05) is 12.3 Å². The third kappa shape index (κ3) is 6.61. The van der Waals surface area contributed by atoms with Crippen LogP contribution in [0, 0.1) is 5.92 Å². The number of nitrogens with one attached hydrogen (secondary N) is 1. The highest BCUT2D eigenvalue weighted by molar-refractivity contribution is 7.99. The van der Waals surface area contributed by atoms with Gasteiger partial charge in [-0.25, -0.2) is 4.98 Å². The molecule has 1 atom stereocenters. The summed E-state index contributed by atoms with van der Waals surface area (Å²) in [5, 5.41) is 4.03. The van der Waals surface area contributed by atoms with Crippen LogP contribution in [-0.2, 0) is 6.18 Å². The van der Waals surface area contributed by atoms with Crippen molar-refractivity contribution >= 4 is 11.8 Å². The van der Waals surface area contributed by atoms with Crippen molar-refractivity contribution < 1.29 is 13.2 Å². The maximum Gasteiger partial charge on any atom is 0.417 e. The summed E-state index contributed by atoms with van der Waals surface area (Å²) in [5.74, 6) is 1.24. The van der Waals surface area contributed by atoms with Crippen LogP contribution in [0.3, 0.4) is 0 Å². The zero-order valence-corrected chi connectivity index (χ0v) is 13.0. The lowest BCUT2D eigenvalue weighted by Crippen LogP contribution is -2.39. The summed E-state index contributed by atoms with van der Waals surface area (Å²) in [6.07, 6.45) is -3.43. The van der Waals surface area contributed by atoms with E-state index < -0.39 is 11.7 Å². The fraction of sp³-hybridized carbons (Fsp3) is 0.643. The standard InChI is InChI=1S/C14H21F3N2S/c1-10(7-19-13(2,3)4)9-20-12-6-5-11(8-18-12)14(15,16)17/h5-6,8,10,19H,7,9H2,1-4H3. The Morgan fingerprint density at radius 1 is 1.25 bits per heavy atom. The monoisotopic (exact) mass is 306 g/mol. The van der Waals surface area contributed by atoms with Crippen LogP contribution in [0.4, 0.5) is 13.2 Å². The lowest BCUT2D eigenvalue weighted by molar-refractivity contribution is -0.137. The molecule has 1 aromatic rings. The van der Waals surface area contributed by atoms with Crippen molar-refractivity contribution in [1.29, 1.82) is 0 Å². The molecule has 1 rings (SSSR count). The number of thioether (sulfide) groups is 1. The molecular formula is C14H21F3N2S. The van der Waals surface area contributed by atoms with Crippen LogP contribution in [0.25, 0.3) is 0 Å². The fourth-order valence-corrected chi connectivity index (χ4v) is 2.26. The van der Waals surface area contributed by atoms with Gasteiger partial charge in [-0.1, -0.05) is 6.92 Å². The average Bonchev–Trinajstić information content (AvgIpc) is 2.32. The second-order valence-electron chi connectivity index (χ2n) is 5.93. The average molecular weight is 306 g/mol. The summed E-state index contributed by atoms with van der Waals surface area (Å²) in [4.78, 5) is 3.85. The number of nitrogens with zero attached hydrogens (tertiary/aromatic N) is 1.